The van der Waals surface area contributed by atoms with Crippen LogP contribution < -0.4 is 50.4 Å². The molecule has 13 heteroatoms. The number of hydrogen-bond acceptors (Lipinski definition) is 6. The third-order valence-electron chi connectivity index (χ3n) is 4.77. The number of rotatable bonds is 10. The van der Waals surface area contributed by atoms with Crippen LogP contribution in [0.2, 0.25) is 10.0 Å². The van der Waals surface area contributed by atoms with Gasteiger partial charge in [-0.15, -0.1) is 4.98 Å². The number of benzene rings is 2. The van der Waals surface area contributed by atoms with Gasteiger partial charge >= 0.3 is 6.03 Å². The Morgan fingerprint density at radius 3 is 2.46 bits per heavy atom. The smallest absolute Gasteiger partial charge is 0.325 e. The van der Waals surface area contributed by atoms with Gasteiger partial charge in [-0.1, -0.05) is 41.9 Å². The highest BCUT2D eigenvalue weighted by Crippen LogP contribution is 2.28. The van der Waals surface area contributed by atoms with Crippen molar-refractivity contribution >= 4 is 52.5 Å². The minimum absolute atomic E-state index is 0. The molecule has 194 valence electrons. The average Bonchev–Trinajstić information content (AvgIpc) is 2.86. The van der Waals surface area contributed by atoms with E-state index in [4.69, 9.17) is 40.2 Å². The molecule has 37 heavy (non-hydrogen) atoms. The normalized spacial score (nSPS) is 10.9. The number of carbonyl (C=O) groups is 2. The van der Waals surface area contributed by atoms with Gasteiger partial charge in [0.1, 0.15) is 5.75 Å². The number of ether oxygens (including phenoxy) is 1. The fourth-order valence-corrected chi connectivity index (χ4v) is 3.30. The molecule has 3 aromatic rings. The molecular weight excluding hydrogens is 632 g/mol. The van der Waals surface area contributed by atoms with Crippen molar-refractivity contribution in [2.45, 2.75) is 18.9 Å². The molecule has 5 N–H and O–H groups in total. The first-order chi connectivity index (χ1) is 17.3. The van der Waals surface area contributed by atoms with Gasteiger partial charge in [0.25, 0.3) is 5.82 Å². The van der Waals surface area contributed by atoms with Crippen LogP contribution in [-0.2, 0) is 11.2 Å². The maximum atomic E-state index is 12.3. The van der Waals surface area contributed by atoms with Crippen LogP contribution in [0.25, 0.3) is 4.85 Å². The van der Waals surface area contributed by atoms with Crippen LogP contribution in [0, 0.1) is 6.57 Å². The Kier molecular flexibility index (Phi) is 12.3. The summed E-state index contributed by atoms with van der Waals surface area (Å²) in [5, 5.41) is 8.98. The number of aromatic nitrogens is 2. The second-order valence-electron chi connectivity index (χ2n) is 7.52. The van der Waals surface area contributed by atoms with Crippen molar-refractivity contribution in [2.75, 3.05) is 23.8 Å². The third kappa shape index (κ3) is 10.0. The van der Waals surface area contributed by atoms with E-state index in [0.717, 1.165) is 5.56 Å². The van der Waals surface area contributed by atoms with Gasteiger partial charge < -0.3 is 49.9 Å². The van der Waals surface area contributed by atoms with Crippen molar-refractivity contribution in [1.29, 1.82) is 0 Å². The van der Waals surface area contributed by atoms with Gasteiger partial charge in [0.2, 0.25) is 5.91 Å². The molecule has 0 aliphatic carbocycles. The van der Waals surface area contributed by atoms with Gasteiger partial charge in [-0.25, -0.2) is 9.78 Å². The number of nitrogens with two attached hydrogens (primary N) is 1. The molecule has 0 aliphatic heterocycles. The van der Waals surface area contributed by atoms with Crippen LogP contribution in [0.15, 0.2) is 54.9 Å². The molecule has 0 unspecified atom stereocenters. The Morgan fingerprint density at radius 1 is 1.05 bits per heavy atom. The molecule has 0 radical (unpaired) electrons. The number of nitrogens with one attached hydrogen (secondary N) is 3. The molecule has 10 nitrogen and oxygen atoms in total. The van der Waals surface area contributed by atoms with Crippen molar-refractivity contribution in [1.82, 2.24) is 15.3 Å². The Balaban J connectivity index is 0.00000481. The van der Waals surface area contributed by atoms with E-state index in [1.165, 1.54) is 12.4 Å². The summed E-state index contributed by atoms with van der Waals surface area (Å²) >= 11 is 11.9. The quantitative estimate of drug-likeness (QED) is 0.148. The highest BCUT2D eigenvalue weighted by atomic mass is 127. The zero-order valence-electron chi connectivity index (χ0n) is 19.4. The van der Waals surface area contributed by atoms with E-state index < -0.39 is 12.1 Å². The van der Waals surface area contributed by atoms with Crippen molar-refractivity contribution in [3.8, 4) is 5.75 Å². The summed E-state index contributed by atoms with van der Waals surface area (Å²) in [6.07, 6.45) is 3.44. The summed E-state index contributed by atoms with van der Waals surface area (Å²) in [6.45, 7) is 7.52. The number of hydrogen-bond donors (Lipinski definition) is 4. The standard InChI is InChI=1S/C24H23Cl2N7O3.HI/c1-28-21-13-31-22(14-30-21)33-24(35)32-19-12-17(26)7-8-20(19)36-10-2-9-29-23(34)18(27)11-15-3-5-16(25)6-4-15;/h3-8,12-14,18H,2,9-11,27H2,(H,29,34)(H2,31,32,33,35);1H/p-1/t18-;/m0./s1. The fourth-order valence-electron chi connectivity index (χ4n) is 3.00. The first kappa shape index (κ1) is 30.0. The monoisotopic (exact) mass is 654 g/mol. The first-order valence-electron chi connectivity index (χ1n) is 10.8. The summed E-state index contributed by atoms with van der Waals surface area (Å²) in [6, 6.07) is 10.7. The Hall–Kier alpha value is -3.18. The second-order valence-corrected chi connectivity index (χ2v) is 8.39. The lowest BCUT2D eigenvalue weighted by Crippen LogP contribution is -3.00. The first-order valence-corrected chi connectivity index (χ1v) is 11.6. The van der Waals surface area contributed by atoms with Crippen molar-refractivity contribution in [2.24, 2.45) is 5.73 Å². The molecule has 2 aromatic carbocycles. The topological polar surface area (TPSA) is 136 Å². The second kappa shape index (κ2) is 15.2. The fraction of sp³-hybridized carbons (Fsp3) is 0.208. The van der Waals surface area contributed by atoms with E-state index in [1.54, 1.807) is 30.3 Å². The van der Waals surface area contributed by atoms with E-state index in [2.05, 4.69) is 30.8 Å². The predicted octanol–water partition coefficient (Wildman–Crippen LogP) is 1.44. The molecule has 0 bridgehead atoms. The SMILES string of the molecule is [C-]#[N+]c1cnc(NC(=O)Nc2cc(Cl)ccc2OCCCNC(=O)[C@@H](N)Cc2ccc(Cl)cc2)cn1.[I-]. The highest BCUT2D eigenvalue weighted by molar-refractivity contribution is 6.31. The van der Waals surface area contributed by atoms with Gasteiger partial charge in [0.05, 0.1) is 24.5 Å². The van der Waals surface area contributed by atoms with Crippen LogP contribution in [0.4, 0.5) is 22.1 Å². The molecular formula is C24H23Cl2IN7O3-. The lowest BCUT2D eigenvalue weighted by Gasteiger charge is -2.14. The maximum Gasteiger partial charge on any atom is 0.325 e. The lowest BCUT2D eigenvalue weighted by molar-refractivity contribution is -0.122. The lowest BCUT2D eigenvalue weighted by atomic mass is 10.1. The van der Waals surface area contributed by atoms with E-state index in [1.807, 2.05) is 12.1 Å². The van der Waals surface area contributed by atoms with E-state index >= 15 is 0 Å². The van der Waals surface area contributed by atoms with Crippen LogP contribution in [0.3, 0.4) is 0 Å². The number of nitrogens with zero attached hydrogens (tertiary/aromatic N) is 3. The molecule has 1 aromatic heterocycles. The summed E-state index contributed by atoms with van der Waals surface area (Å²) in [4.78, 5) is 35.5. The molecule has 3 rings (SSSR count). The summed E-state index contributed by atoms with van der Waals surface area (Å²) in [7, 11) is 0. The maximum absolute atomic E-state index is 12.3. The molecule has 0 saturated heterocycles. The Morgan fingerprint density at radius 2 is 1.78 bits per heavy atom. The minimum atomic E-state index is -0.681. The van der Waals surface area contributed by atoms with Crippen molar-refractivity contribution in [3.05, 3.63) is 81.9 Å². The van der Waals surface area contributed by atoms with Crippen LogP contribution in [0.5, 0.6) is 5.75 Å². The van der Waals surface area contributed by atoms with Crippen LogP contribution in [-0.4, -0.2) is 41.1 Å². The Labute approximate surface area is 241 Å². The zero-order valence-corrected chi connectivity index (χ0v) is 23.0. The highest BCUT2D eigenvalue weighted by Gasteiger charge is 2.14. The van der Waals surface area contributed by atoms with Gasteiger partial charge in [0.15, 0.2) is 12.0 Å². The molecule has 1 heterocycles. The molecule has 0 saturated carbocycles. The van der Waals surface area contributed by atoms with E-state index in [0.29, 0.717) is 40.9 Å². The van der Waals surface area contributed by atoms with Crippen LogP contribution in [0.1, 0.15) is 12.0 Å². The number of urea groups is 1. The molecule has 0 spiro atoms. The van der Waals surface area contributed by atoms with Crippen molar-refractivity contribution < 1.29 is 38.3 Å². The molecule has 0 aliphatic rings. The minimum Gasteiger partial charge on any atom is -1.00 e. The van der Waals surface area contributed by atoms with Crippen molar-refractivity contribution in [3.63, 3.8) is 0 Å². The van der Waals surface area contributed by atoms with Gasteiger partial charge in [-0.2, -0.15) is 0 Å². The molecule has 0 fully saturated rings. The molecule has 1 atom stereocenters. The van der Waals surface area contributed by atoms with Gasteiger partial charge in [-0.05, 0) is 48.7 Å². The van der Waals surface area contributed by atoms with E-state index in [-0.39, 0.29) is 48.1 Å². The average molecular weight is 655 g/mol. The zero-order chi connectivity index (χ0) is 25.9. The van der Waals surface area contributed by atoms with Gasteiger partial charge in [0, 0.05) is 16.6 Å². The number of halogens is 3. The van der Waals surface area contributed by atoms with Gasteiger partial charge in [-0.3, -0.25) is 10.1 Å². The predicted molar refractivity (Wildman–Crippen MR) is 139 cm³/mol. The van der Waals surface area contributed by atoms with E-state index in [9.17, 15) is 9.59 Å². The van der Waals surface area contributed by atoms with Crippen LogP contribution >= 0.6 is 23.2 Å². The largest absolute Gasteiger partial charge is 1.00 e. The summed E-state index contributed by atoms with van der Waals surface area (Å²) in [5.41, 5.74) is 7.25. The third-order valence-corrected chi connectivity index (χ3v) is 5.25. The molecule has 3 amide bonds. The number of amides is 3. The Bertz CT molecular complexity index is 1240. The number of anilines is 2. The number of carbonyl (C=O) groups excluding carboxylic acids is 2. The summed E-state index contributed by atoms with van der Waals surface area (Å²) < 4.78 is 5.77. The summed E-state index contributed by atoms with van der Waals surface area (Å²) in [5.74, 6) is 0.429.